The van der Waals surface area contributed by atoms with Gasteiger partial charge in [-0.1, -0.05) is 23.7 Å². The summed E-state index contributed by atoms with van der Waals surface area (Å²) >= 11 is 6.28. The topological polar surface area (TPSA) is 120 Å². The van der Waals surface area contributed by atoms with E-state index in [9.17, 15) is 21.6 Å². The molecule has 4 rings (SSSR count). The second kappa shape index (κ2) is 7.94. The Hall–Kier alpha value is -2.83. The van der Waals surface area contributed by atoms with E-state index in [0.717, 1.165) is 23.6 Å². The molecule has 0 saturated carbocycles. The summed E-state index contributed by atoms with van der Waals surface area (Å²) in [6.07, 6.45) is -3.33. The molecule has 32 heavy (non-hydrogen) atoms. The molecule has 0 amide bonds. The van der Waals surface area contributed by atoms with Crippen LogP contribution in [0.3, 0.4) is 0 Å². The zero-order valence-electron chi connectivity index (χ0n) is 16.5. The van der Waals surface area contributed by atoms with Crippen LogP contribution in [0.15, 0.2) is 41.3 Å². The van der Waals surface area contributed by atoms with Crippen molar-refractivity contribution in [3.63, 3.8) is 0 Å². The molecule has 1 saturated heterocycles. The molecule has 0 radical (unpaired) electrons. The van der Waals surface area contributed by atoms with Crippen LogP contribution in [0.1, 0.15) is 18.4 Å². The fourth-order valence-electron chi connectivity index (χ4n) is 3.65. The van der Waals surface area contributed by atoms with Crippen molar-refractivity contribution in [3.05, 3.63) is 47.0 Å². The van der Waals surface area contributed by atoms with Gasteiger partial charge in [0.1, 0.15) is 0 Å². The molecule has 13 heteroatoms. The molecule has 1 aliphatic rings. The van der Waals surface area contributed by atoms with Crippen molar-refractivity contribution in [2.75, 3.05) is 24.6 Å². The van der Waals surface area contributed by atoms with Crippen LogP contribution in [0, 0.1) is 0 Å². The maximum absolute atomic E-state index is 14.0. The van der Waals surface area contributed by atoms with E-state index in [-0.39, 0.29) is 38.6 Å². The Kier molecular flexibility index (Phi) is 5.55. The molecule has 1 aromatic heterocycles. The molecule has 8 nitrogen and oxygen atoms in total. The van der Waals surface area contributed by atoms with E-state index >= 15 is 0 Å². The van der Waals surface area contributed by atoms with Gasteiger partial charge >= 0.3 is 6.18 Å². The third kappa shape index (κ3) is 4.00. The fraction of sp³-hybridized carbons (Fsp3) is 0.263. The molecule has 3 aromatic rings. The lowest BCUT2D eigenvalue weighted by atomic mass is 9.98. The van der Waals surface area contributed by atoms with E-state index in [1.165, 1.54) is 34.6 Å². The summed E-state index contributed by atoms with van der Waals surface area (Å²) in [4.78, 5) is 3.58. The van der Waals surface area contributed by atoms with E-state index < -0.39 is 21.8 Å². The monoisotopic (exact) mass is 486 g/mol. The van der Waals surface area contributed by atoms with Crippen molar-refractivity contribution in [1.29, 1.82) is 0 Å². The van der Waals surface area contributed by atoms with Gasteiger partial charge in [0.2, 0.25) is 21.9 Å². The molecular formula is C19H18ClF3N6O2S. The largest absolute Gasteiger partial charge is 0.417 e. The Balaban J connectivity index is 1.88. The summed E-state index contributed by atoms with van der Waals surface area (Å²) in [6.45, 7) is 0.747. The van der Waals surface area contributed by atoms with E-state index in [1.807, 2.05) is 0 Å². The van der Waals surface area contributed by atoms with E-state index in [1.54, 1.807) is 0 Å². The van der Waals surface area contributed by atoms with Gasteiger partial charge < -0.3 is 11.5 Å². The Morgan fingerprint density at radius 1 is 1.06 bits per heavy atom. The lowest BCUT2D eigenvalue weighted by Crippen LogP contribution is -2.27. The van der Waals surface area contributed by atoms with Gasteiger partial charge in [0.05, 0.1) is 21.2 Å². The standard InChI is InChI=1S/C19H18ClF3N6O2S/c20-15-10-12(29-18(25)26-17(24)27-29)9-14(19(21,22)23)16(15)11-4-3-5-13(8-11)32(30,31)28-6-1-2-7-28/h3-5,8-10H,1-2,6-7H2,(H4,24,25,26,27). The third-order valence-electron chi connectivity index (χ3n) is 5.10. The number of anilines is 2. The quantitative estimate of drug-likeness (QED) is 0.581. The first-order valence-electron chi connectivity index (χ1n) is 9.48. The molecule has 0 unspecified atom stereocenters. The van der Waals surface area contributed by atoms with Crippen molar-refractivity contribution in [1.82, 2.24) is 19.1 Å². The van der Waals surface area contributed by atoms with Crippen LogP contribution in [-0.2, 0) is 16.2 Å². The Bertz CT molecular complexity index is 1290. The normalized spacial score (nSPS) is 15.4. The van der Waals surface area contributed by atoms with Crippen molar-refractivity contribution in [2.45, 2.75) is 23.9 Å². The number of nitrogens with zero attached hydrogens (tertiary/aromatic N) is 4. The van der Waals surface area contributed by atoms with Gasteiger partial charge in [0.25, 0.3) is 0 Å². The molecule has 1 fully saturated rings. The number of alkyl halides is 3. The lowest BCUT2D eigenvalue weighted by molar-refractivity contribution is -0.137. The average Bonchev–Trinajstić information content (AvgIpc) is 3.37. The van der Waals surface area contributed by atoms with Crippen LogP contribution in [0.2, 0.25) is 5.02 Å². The molecule has 4 N–H and O–H groups in total. The second-order valence-corrected chi connectivity index (χ2v) is 9.57. The van der Waals surface area contributed by atoms with E-state index in [2.05, 4.69) is 10.1 Å². The number of aromatic nitrogens is 3. The number of nitrogen functional groups attached to an aromatic ring is 2. The van der Waals surface area contributed by atoms with Crippen molar-refractivity contribution in [3.8, 4) is 16.8 Å². The van der Waals surface area contributed by atoms with Gasteiger partial charge in [-0.05, 0) is 42.7 Å². The minimum atomic E-state index is -4.81. The van der Waals surface area contributed by atoms with Gasteiger partial charge in [0.15, 0.2) is 0 Å². The fourth-order valence-corrected chi connectivity index (χ4v) is 5.54. The van der Waals surface area contributed by atoms with Crippen LogP contribution in [-0.4, -0.2) is 40.6 Å². The molecule has 0 bridgehead atoms. The number of benzene rings is 2. The van der Waals surface area contributed by atoms with E-state index in [0.29, 0.717) is 13.1 Å². The SMILES string of the molecule is Nc1nc(N)n(-c2cc(Cl)c(-c3cccc(S(=O)(=O)N4CCCC4)c3)c(C(F)(F)F)c2)n1. The lowest BCUT2D eigenvalue weighted by Gasteiger charge is -2.19. The highest BCUT2D eigenvalue weighted by atomic mass is 35.5. The van der Waals surface area contributed by atoms with Gasteiger partial charge in [0, 0.05) is 18.7 Å². The van der Waals surface area contributed by atoms with Crippen molar-refractivity contribution in [2.24, 2.45) is 0 Å². The Morgan fingerprint density at radius 3 is 2.34 bits per heavy atom. The summed E-state index contributed by atoms with van der Waals surface area (Å²) in [7, 11) is -3.83. The van der Waals surface area contributed by atoms with Gasteiger partial charge in [-0.15, -0.1) is 5.10 Å². The maximum Gasteiger partial charge on any atom is 0.417 e. The first-order chi connectivity index (χ1) is 15.0. The van der Waals surface area contributed by atoms with Crippen LogP contribution in [0.4, 0.5) is 25.1 Å². The van der Waals surface area contributed by atoms with Crippen molar-refractivity contribution >= 4 is 33.5 Å². The predicted octanol–water partition coefficient (Wildman–Crippen LogP) is 3.56. The predicted molar refractivity (Wildman–Crippen MR) is 114 cm³/mol. The molecule has 170 valence electrons. The highest BCUT2D eigenvalue weighted by Crippen LogP contribution is 2.43. The zero-order valence-corrected chi connectivity index (χ0v) is 18.0. The number of hydrogen-bond donors (Lipinski definition) is 2. The number of hydrogen-bond acceptors (Lipinski definition) is 6. The average molecular weight is 487 g/mol. The van der Waals surface area contributed by atoms with Crippen LogP contribution in [0.25, 0.3) is 16.8 Å². The summed E-state index contributed by atoms with van der Waals surface area (Å²) in [6, 6.07) is 7.36. The molecule has 2 heterocycles. The summed E-state index contributed by atoms with van der Waals surface area (Å²) in [5.41, 5.74) is 9.63. The molecular weight excluding hydrogens is 469 g/mol. The van der Waals surface area contributed by atoms with E-state index in [4.69, 9.17) is 23.1 Å². The van der Waals surface area contributed by atoms with Crippen LogP contribution < -0.4 is 11.5 Å². The van der Waals surface area contributed by atoms with Crippen LogP contribution in [0.5, 0.6) is 0 Å². The maximum atomic E-state index is 14.0. The molecule has 2 aromatic carbocycles. The van der Waals surface area contributed by atoms with Gasteiger partial charge in [-0.2, -0.15) is 27.1 Å². The first-order valence-corrected chi connectivity index (χ1v) is 11.3. The number of halogens is 4. The summed E-state index contributed by atoms with van der Waals surface area (Å²) < 4.78 is 70.1. The Labute approximate surface area is 186 Å². The highest BCUT2D eigenvalue weighted by molar-refractivity contribution is 7.89. The highest BCUT2D eigenvalue weighted by Gasteiger charge is 2.36. The number of rotatable bonds is 4. The Morgan fingerprint density at radius 2 is 1.75 bits per heavy atom. The van der Waals surface area contributed by atoms with Gasteiger partial charge in [-0.3, -0.25) is 0 Å². The van der Waals surface area contributed by atoms with Gasteiger partial charge in [-0.25, -0.2) is 8.42 Å². The molecule has 0 atom stereocenters. The molecule has 0 aliphatic carbocycles. The summed E-state index contributed by atoms with van der Waals surface area (Å²) in [5.74, 6) is -0.422. The smallest absolute Gasteiger partial charge is 0.368 e. The molecule has 0 spiro atoms. The van der Waals surface area contributed by atoms with Crippen molar-refractivity contribution < 1.29 is 21.6 Å². The molecule has 1 aliphatic heterocycles. The zero-order chi connectivity index (χ0) is 23.3. The number of sulfonamides is 1. The summed E-state index contributed by atoms with van der Waals surface area (Å²) in [5, 5.41) is 3.52. The van der Waals surface area contributed by atoms with Crippen LogP contribution >= 0.6 is 11.6 Å². The number of nitrogens with two attached hydrogens (primary N) is 2. The minimum Gasteiger partial charge on any atom is -0.368 e. The minimum absolute atomic E-state index is 0.0141. The third-order valence-corrected chi connectivity index (χ3v) is 7.29. The first kappa shape index (κ1) is 22.4. The second-order valence-electron chi connectivity index (χ2n) is 7.23.